The molecule has 0 unspecified atom stereocenters. The lowest BCUT2D eigenvalue weighted by Gasteiger charge is -2.30. The molecule has 2 heterocycles. The number of rotatable bonds is 1. The van der Waals surface area contributed by atoms with Gasteiger partial charge in [0, 0.05) is 12.7 Å². The summed E-state index contributed by atoms with van der Waals surface area (Å²) < 4.78 is 17.3. The van der Waals surface area contributed by atoms with Crippen LogP contribution in [0.4, 0.5) is 0 Å². The first-order chi connectivity index (χ1) is 8.89. The van der Waals surface area contributed by atoms with Crippen LogP contribution in [0.3, 0.4) is 0 Å². The van der Waals surface area contributed by atoms with Crippen LogP contribution < -0.4 is 0 Å². The van der Waals surface area contributed by atoms with Crippen molar-refractivity contribution in [3.8, 4) is 0 Å². The molecule has 1 aromatic carbocycles. The summed E-state index contributed by atoms with van der Waals surface area (Å²) in [5, 5.41) is 0. The normalized spacial score (nSPS) is 33.4. The highest BCUT2D eigenvalue weighted by Gasteiger charge is 2.60. The van der Waals surface area contributed by atoms with Crippen LogP contribution in [0.25, 0.3) is 0 Å². The predicted molar refractivity (Wildman–Crippen MR) is 68.7 cm³/mol. The molecule has 2 aliphatic heterocycles. The fraction of sp³-hybridized carbons (Fsp3) is 0.533. The second-order valence-electron chi connectivity index (χ2n) is 6.11. The number of carbonyl (C=O) groups is 1. The highest BCUT2D eigenvalue weighted by atomic mass is 16.9. The Kier molecular flexibility index (Phi) is 2.61. The lowest BCUT2D eigenvalue weighted by atomic mass is 9.83. The van der Waals surface area contributed by atoms with E-state index >= 15 is 0 Å². The van der Waals surface area contributed by atoms with Crippen molar-refractivity contribution in [1.29, 1.82) is 0 Å². The van der Waals surface area contributed by atoms with Gasteiger partial charge in [-0.2, -0.15) is 0 Å². The summed E-state index contributed by atoms with van der Waals surface area (Å²) in [7, 11) is 1.54. The van der Waals surface area contributed by atoms with Crippen molar-refractivity contribution in [3.05, 3.63) is 35.4 Å². The van der Waals surface area contributed by atoms with Crippen molar-refractivity contribution in [2.45, 2.75) is 39.0 Å². The van der Waals surface area contributed by atoms with E-state index in [1.54, 1.807) is 6.07 Å². The Bertz CT molecular complexity index is 531. The van der Waals surface area contributed by atoms with Crippen molar-refractivity contribution in [3.63, 3.8) is 0 Å². The Morgan fingerprint density at radius 2 is 1.89 bits per heavy atom. The molecule has 4 nitrogen and oxygen atoms in total. The molecular formula is C15H18O4. The Hall–Kier alpha value is -1.23. The van der Waals surface area contributed by atoms with Gasteiger partial charge in [-0.3, -0.25) is 4.79 Å². The standard InChI is InChI=1S/C15H18O4/c1-14(2,3)13-12-11(16)9-7-5-6-8-10(9)15(17-4,18-12)19-13/h5-8,12-13H,1-4H3/t12-,13-,15+/m0/s1. The quantitative estimate of drug-likeness (QED) is 0.780. The Morgan fingerprint density at radius 3 is 2.53 bits per heavy atom. The molecule has 4 heteroatoms. The van der Waals surface area contributed by atoms with Gasteiger partial charge in [0.25, 0.3) is 0 Å². The molecule has 1 fully saturated rings. The van der Waals surface area contributed by atoms with Crippen molar-refractivity contribution < 1.29 is 19.0 Å². The molecule has 0 amide bonds. The van der Waals surface area contributed by atoms with Crippen LogP contribution in [0.5, 0.6) is 0 Å². The third kappa shape index (κ3) is 1.67. The molecule has 2 bridgehead atoms. The maximum Gasteiger partial charge on any atom is 0.313 e. The van der Waals surface area contributed by atoms with Crippen molar-refractivity contribution in [2.75, 3.05) is 7.11 Å². The van der Waals surface area contributed by atoms with Gasteiger partial charge in [0.15, 0.2) is 11.9 Å². The zero-order valence-corrected chi connectivity index (χ0v) is 11.6. The molecule has 0 aliphatic carbocycles. The molecule has 0 saturated carbocycles. The highest BCUT2D eigenvalue weighted by molar-refractivity contribution is 6.02. The SMILES string of the molecule is CO[C@@]12O[C@@H](C(=O)c3ccccc31)[C@@H](C(C)(C)C)O2. The zero-order valence-electron chi connectivity index (χ0n) is 11.6. The summed E-state index contributed by atoms with van der Waals surface area (Å²) in [5.74, 6) is -1.27. The molecule has 1 saturated heterocycles. The van der Waals surface area contributed by atoms with Crippen LogP contribution in [0, 0.1) is 5.41 Å². The van der Waals surface area contributed by atoms with E-state index in [-0.39, 0.29) is 17.3 Å². The molecule has 1 aromatic rings. The lowest BCUT2D eigenvalue weighted by Crippen LogP contribution is -2.42. The van der Waals surface area contributed by atoms with Crippen LogP contribution >= 0.6 is 0 Å². The van der Waals surface area contributed by atoms with E-state index in [0.717, 1.165) is 0 Å². The minimum atomic E-state index is -1.24. The van der Waals surface area contributed by atoms with E-state index < -0.39 is 12.1 Å². The minimum absolute atomic E-state index is 0.0271. The van der Waals surface area contributed by atoms with Crippen LogP contribution in [-0.4, -0.2) is 25.1 Å². The van der Waals surface area contributed by atoms with Gasteiger partial charge in [0.1, 0.15) is 6.10 Å². The topological polar surface area (TPSA) is 44.8 Å². The Labute approximate surface area is 112 Å². The second kappa shape index (κ2) is 3.88. The van der Waals surface area contributed by atoms with Gasteiger partial charge in [-0.15, -0.1) is 0 Å². The molecular weight excluding hydrogens is 244 g/mol. The maximum absolute atomic E-state index is 12.5. The van der Waals surface area contributed by atoms with E-state index in [1.165, 1.54) is 7.11 Å². The fourth-order valence-electron chi connectivity index (χ4n) is 2.76. The number of methoxy groups -OCH3 is 1. The van der Waals surface area contributed by atoms with Crippen LogP contribution in [-0.2, 0) is 20.2 Å². The van der Waals surface area contributed by atoms with Crippen molar-refractivity contribution >= 4 is 5.78 Å². The van der Waals surface area contributed by atoms with Crippen LogP contribution in [0.2, 0.25) is 0 Å². The van der Waals surface area contributed by atoms with Gasteiger partial charge < -0.3 is 14.2 Å². The number of benzene rings is 1. The fourth-order valence-corrected chi connectivity index (χ4v) is 2.76. The summed E-state index contributed by atoms with van der Waals surface area (Å²) in [6, 6.07) is 7.31. The molecule has 102 valence electrons. The van der Waals surface area contributed by atoms with Gasteiger partial charge >= 0.3 is 5.97 Å². The monoisotopic (exact) mass is 262 g/mol. The van der Waals surface area contributed by atoms with E-state index in [2.05, 4.69) is 0 Å². The smallest absolute Gasteiger partial charge is 0.313 e. The van der Waals surface area contributed by atoms with E-state index in [9.17, 15) is 4.79 Å². The number of ketones is 1. The molecule has 3 rings (SSSR count). The first-order valence-corrected chi connectivity index (χ1v) is 6.43. The Balaban J connectivity index is 2.16. The summed E-state index contributed by atoms with van der Waals surface area (Å²) in [4.78, 5) is 12.5. The molecule has 3 atom stereocenters. The lowest BCUT2D eigenvalue weighted by molar-refractivity contribution is -0.346. The summed E-state index contributed by atoms with van der Waals surface area (Å²) in [5.41, 5.74) is 1.08. The average Bonchev–Trinajstić information content (AvgIpc) is 2.75. The molecule has 0 radical (unpaired) electrons. The van der Waals surface area contributed by atoms with Gasteiger partial charge in [-0.25, -0.2) is 0 Å². The number of hydrogen-bond acceptors (Lipinski definition) is 4. The maximum atomic E-state index is 12.5. The third-order valence-corrected chi connectivity index (χ3v) is 3.74. The first kappa shape index (κ1) is 12.8. The molecule has 0 N–H and O–H groups in total. The molecule has 0 spiro atoms. The highest BCUT2D eigenvalue weighted by Crippen LogP contribution is 2.49. The minimum Gasteiger partial charge on any atom is -0.327 e. The number of hydrogen-bond donors (Lipinski definition) is 0. The molecule has 2 aliphatic rings. The van der Waals surface area contributed by atoms with Crippen molar-refractivity contribution in [1.82, 2.24) is 0 Å². The molecule has 0 aromatic heterocycles. The molecule has 19 heavy (non-hydrogen) atoms. The third-order valence-electron chi connectivity index (χ3n) is 3.74. The van der Waals surface area contributed by atoms with E-state index in [0.29, 0.717) is 11.1 Å². The van der Waals surface area contributed by atoms with Gasteiger partial charge in [-0.1, -0.05) is 45.0 Å². The van der Waals surface area contributed by atoms with E-state index in [4.69, 9.17) is 14.2 Å². The number of carbonyl (C=O) groups excluding carboxylic acids is 1. The van der Waals surface area contributed by atoms with E-state index in [1.807, 2.05) is 39.0 Å². The summed E-state index contributed by atoms with van der Waals surface area (Å²) in [6.07, 6.45) is -0.929. The number of Topliss-reactive ketones (excluding diaryl/α,β-unsaturated/α-hetero) is 1. The predicted octanol–water partition coefficient (Wildman–Crippen LogP) is 2.47. The number of fused-ring (bicyclic) bond motifs is 4. The van der Waals surface area contributed by atoms with Gasteiger partial charge in [0.05, 0.1) is 5.56 Å². The van der Waals surface area contributed by atoms with Crippen molar-refractivity contribution in [2.24, 2.45) is 5.41 Å². The largest absolute Gasteiger partial charge is 0.327 e. The Morgan fingerprint density at radius 1 is 1.21 bits per heavy atom. The summed E-state index contributed by atoms with van der Waals surface area (Å²) in [6.45, 7) is 6.09. The zero-order chi connectivity index (χ0) is 13.8. The second-order valence-corrected chi connectivity index (χ2v) is 6.11. The van der Waals surface area contributed by atoms with Gasteiger partial charge in [0.2, 0.25) is 0 Å². The van der Waals surface area contributed by atoms with Gasteiger partial charge in [-0.05, 0) is 5.41 Å². The summed E-state index contributed by atoms with van der Waals surface area (Å²) >= 11 is 0. The van der Waals surface area contributed by atoms with Crippen LogP contribution in [0.1, 0.15) is 36.7 Å². The first-order valence-electron chi connectivity index (χ1n) is 6.43. The average molecular weight is 262 g/mol. The number of ether oxygens (including phenoxy) is 3. The van der Waals surface area contributed by atoms with Crippen LogP contribution in [0.15, 0.2) is 24.3 Å².